The third kappa shape index (κ3) is 11.3. The average molecular weight is 829 g/mol. The first-order valence-electron chi connectivity index (χ1n) is 16.6. The van der Waals surface area contributed by atoms with E-state index in [1.807, 2.05) is 0 Å². The van der Waals surface area contributed by atoms with Gasteiger partial charge in [-0.05, 0) is 121 Å². The highest BCUT2D eigenvalue weighted by molar-refractivity contribution is 7.93. The Hall–Kier alpha value is -7.44. The number of carboxylic acid groups (broad SMARTS) is 2. The second kappa shape index (κ2) is 18.0. The largest absolute Gasteiger partial charge is 0.478 e. The minimum absolute atomic E-state index is 0.0803. The van der Waals surface area contributed by atoms with Crippen LogP contribution in [0.15, 0.2) is 155 Å². The van der Waals surface area contributed by atoms with Crippen LogP contribution in [-0.2, 0) is 20.0 Å². The number of hydrogen-bond acceptors (Lipinski definition) is 8. The van der Waals surface area contributed by atoms with E-state index in [9.17, 15) is 44.8 Å². The van der Waals surface area contributed by atoms with Crippen molar-refractivity contribution in [3.63, 3.8) is 0 Å². The highest BCUT2D eigenvalue weighted by Crippen LogP contribution is 2.21. The van der Waals surface area contributed by atoms with Crippen molar-refractivity contribution >= 4 is 66.5 Å². The molecule has 58 heavy (non-hydrogen) atoms. The van der Waals surface area contributed by atoms with Crippen LogP contribution in [0.2, 0.25) is 0 Å². The summed E-state index contributed by atoms with van der Waals surface area (Å²) in [5, 5.41) is 23.0. The third-order valence-electron chi connectivity index (χ3n) is 7.75. The van der Waals surface area contributed by atoms with Gasteiger partial charge in [0.15, 0.2) is 0 Å². The predicted octanol–water partition coefficient (Wildman–Crippen LogP) is 7.15. The summed E-state index contributed by atoms with van der Waals surface area (Å²) in [5.74, 6) is -4.56. The molecule has 2 amide bonds. The molecule has 0 aliphatic heterocycles. The smallest absolute Gasteiger partial charge is 0.335 e. The first kappa shape index (κ1) is 41.7. The molecule has 0 spiro atoms. The molecule has 0 atom stereocenters. The molecule has 0 radical (unpaired) electrons. The van der Waals surface area contributed by atoms with Gasteiger partial charge in [-0.15, -0.1) is 0 Å². The first-order valence-corrected chi connectivity index (χ1v) is 19.5. The predicted molar refractivity (Wildman–Crippen MR) is 210 cm³/mol. The maximum absolute atomic E-state index is 13.3. The summed E-state index contributed by atoms with van der Waals surface area (Å²) >= 11 is 0. The van der Waals surface area contributed by atoms with Crippen molar-refractivity contribution in [2.24, 2.45) is 0 Å². The van der Waals surface area contributed by atoms with Crippen molar-refractivity contribution in [2.75, 3.05) is 20.1 Å². The van der Waals surface area contributed by atoms with E-state index in [4.69, 9.17) is 10.2 Å². The van der Waals surface area contributed by atoms with Crippen molar-refractivity contribution in [3.8, 4) is 0 Å². The number of carbonyl (C=O) groups excluding carboxylic acids is 2. The number of rotatable bonds is 12. The summed E-state index contributed by atoms with van der Waals surface area (Å²) in [7, 11) is -8.05. The number of nitrogens with one attached hydrogen (secondary N) is 4. The van der Waals surface area contributed by atoms with Crippen LogP contribution in [0.25, 0.3) is 0 Å². The fourth-order valence-corrected chi connectivity index (χ4v) is 7.10. The average Bonchev–Trinajstić information content (AvgIpc) is 3.18. The zero-order valence-electron chi connectivity index (χ0n) is 29.6. The van der Waals surface area contributed by atoms with E-state index in [1.54, 1.807) is 0 Å². The molecule has 0 fully saturated rings. The summed E-state index contributed by atoms with van der Waals surface area (Å²) in [6, 6.07) is 31.8. The Kier molecular flexibility index (Phi) is 13.0. The van der Waals surface area contributed by atoms with Gasteiger partial charge in [0.2, 0.25) is 0 Å². The normalized spacial score (nSPS) is 10.9. The second-order valence-corrected chi connectivity index (χ2v) is 15.3. The summed E-state index contributed by atoms with van der Waals surface area (Å²) < 4.78 is 80.8. The lowest BCUT2D eigenvalue weighted by atomic mass is 10.1. The summed E-state index contributed by atoms with van der Waals surface area (Å²) in [6.45, 7) is 0. The molecule has 18 heteroatoms. The molecule has 6 rings (SSSR count). The van der Waals surface area contributed by atoms with Crippen molar-refractivity contribution in [3.05, 3.63) is 179 Å². The molecule has 6 N–H and O–H groups in total. The van der Waals surface area contributed by atoms with Gasteiger partial charge in [-0.2, -0.15) is 0 Å². The zero-order chi connectivity index (χ0) is 42.0. The Balaban J connectivity index is 0.000000221. The highest BCUT2D eigenvalue weighted by Gasteiger charge is 2.18. The molecule has 0 aromatic heterocycles. The SMILES string of the molecule is O=C(O)c1ccc(NC(=O)c2cccc(NS(=O)(=O)c3cccc(F)c3)c2)cc1.O=C(O)c1ccc(NC(=O)c2cccc(NS(=O)(=O)c3cccc(F)c3)c2)cc1. The van der Waals surface area contributed by atoms with E-state index in [2.05, 4.69) is 20.1 Å². The number of halogens is 2. The molecular weight excluding hydrogens is 799 g/mol. The monoisotopic (exact) mass is 828 g/mol. The summed E-state index contributed by atoms with van der Waals surface area (Å²) in [5.41, 5.74) is 1.52. The van der Waals surface area contributed by atoms with E-state index < -0.39 is 55.4 Å². The molecule has 0 aliphatic rings. The van der Waals surface area contributed by atoms with Gasteiger partial charge >= 0.3 is 11.9 Å². The van der Waals surface area contributed by atoms with E-state index in [1.165, 1.54) is 121 Å². The molecule has 0 bridgehead atoms. The molecule has 0 unspecified atom stereocenters. The maximum Gasteiger partial charge on any atom is 0.335 e. The molecule has 0 saturated heterocycles. The number of aromatic carboxylic acids is 2. The highest BCUT2D eigenvalue weighted by atomic mass is 32.2. The second-order valence-electron chi connectivity index (χ2n) is 12.0. The lowest BCUT2D eigenvalue weighted by Gasteiger charge is -2.10. The lowest BCUT2D eigenvalue weighted by molar-refractivity contribution is 0.0686. The standard InChI is InChI=1S/2C20H15FN2O5S/c2*21-15-4-2-6-18(12-15)29(27,28)23-17-5-1-3-14(11-17)19(24)22-16-9-7-13(8-10-16)20(25)26/h2*1-12,23H,(H,22,24)(H,25,26). The van der Waals surface area contributed by atoms with Crippen LogP contribution in [-0.4, -0.2) is 50.8 Å². The Labute approximate surface area is 329 Å². The number of amides is 2. The number of sulfonamides is 2. The number of anilines is 4. The van der Waals surface area contributed by atoms with Gasteiger partial charge in [0.05, 0.1) is 20.9 Å². The van der Waals surface area contributed by atoms with Crippen LogP contribution in [0.5, 0.6) is 0 Å². The molecular formula is C40H30F2N4O10S2. The van der Waals surface area contributed by atoms with Gasteiger partial charge in [0, 0.05) is 33.9 Å². The Morgan fingerprint density at radius 1 is 0.414 bits per heavy atom. The van der Waals surface area contributed by atoms with Crippen molar-refractivity contribution in [1.82, 2.24) is 0 Å². The zero-order valence-corrected chi connectivity index (χ0v) is 31.2. The lowest BCUT2D eigenvalue weighted by Crippen LogP contribution is -2.15. The Morgan fingerprint density at radius 2 is 0.759 bits per heavy atom. The van der Waals surface area contributed by atoms with Crippen LogP contribution in [0.1, 0.15) is 41.4 Å². The fourth-order valence-electron chi connectivity index (χ4n) is 4.94. The van der Waals surface area contributed by atoms with Crippen molar-refractivity contribution < 1.29 is 55.0 Å². The summed E-state index contributed by atoms with van der Waals surface area (Å²) in [6.07, 6.45) is 0. The first-order chi connectivity index (χ1) is 27.5. The minimum atomic E-state index is -4.03. The van der Waals surface area contributed by atoms with Gasteiger partial charge in [0.1, 0.15) is 11.6 Å². The van der Waals surface area contributed by atoms with Gasteiger partial charge in [-0.1, -0.05) is 24.3 Å². The van der Waals surface area contributed by atoms with E-state index >= 15 is 0 Å². The van der Waals surface area contributed by atoms with Crippen LogP contribution in [0.4, 0.5) is 31.5 Å². The molecule has 6 aromatic carbocycles. The van der Waals surface area contributed by atoms with Crippen LogP contribution in [0, 0.1) is 11.6 Å². The molecule has 0 aliphatic carbocycles. The summed E-state index contributed by atoms with van der Waals surface area (Å²) in [4.78, 5) is 46.1. The minimum Gasteiger partial charge on any atom is -0.478 e. The van der Waals surface area contributed by atoms with Gasteiger partial charge in [-0.25, -0.2) is 35.2 Å². The van der Waals surface area contributed by atoms with E-state index in [-0.39, 0.29) is 43.4 Å². The number of carbonyl (C=O) groups is 4. The van der Waals surface area contributed by atoms with Gasteiger partial charge < -0.3 is 20.8 Å². The third-order valence-corrected chi connectivity index (χ3v) is 10.5. The molecule has 0 saturated carbocycles. The van der Waals surface area contributed by atoms with E-state index in [0.29, 0.717) is 11.4 Å². The van der Waals surface area contributed by atoms with Crippen molar-refractivity contribution in [1.29, 1.82) is 0 Å². The number of benzene rings is 6. The number of hydrogen-bond donors (Lipinski definition) is 6. The van der Waals surface area contributed by atoms with Crippen LogP contribution < -0.4 is 20.1 Å². The van der Waals surface area contributed by atoms with Gasteiger partial charge in [-0.3, -0.25) is 19.0 Å². The molecule has 14 nitrogen and oxygen atoms in total. The van der Waals surface area contributed by atoms with E-state index in [0.717, 1.165) is 24.3 Å². The molecule has 6 aromatic rings. The van der Waals surface area contributed by atoms with Gasteiger partial charge in [0.25, 0.3) is 31.9 Å². The Morgan fingerprint density at radius 3 is 1.09 bits per heavy atom. The molecule has 296 valence electrons. The Bertz CT molecular complexity index is 2540. The topological polar surface area (TPSA) is 225 Å². The van der Waals surface area contributed by atoms with Crippen molar-refractivity contribution in [2.45, 2.75) is 9.79 Å². The fraction of sp³-hybridized carbons (Fsp3) is 0. The van der Waals surface area contributed by atoms with Crippen LogP contribution in [0.3, 0.4) is 0 Å². The molecule has 0 heterocycles. The van der Waals surface area contributed by atoms with Crippen LogP contribution >= 0.6 is 0 Å². The number of carboxylic acids is 2. The maximum atomic E-state index is 13.3. The quantitative estimate of drug-likeness (QED) is 0.0730.